The van der Waals surface area contributed by atoms with Crippen molar-refractivity contribution < 1.29 is 9.18 Å². The van der Waals surface area contributed by atoms with E-state index in [0.717, 1.165) is 29.7 Å². The topological polar surface area (TPSA) is 45.2 Å². The number of urea groups is 1. The fourth-order valence-corrected chi connectivity index (χ4v) is 3.99. The maximum atomic E-state index is 13.2. The molecule has 1 saturated heterocycles. The van der Waals surface area contributed by atoms with E-state index in [-0.39, 0.29) is 17.9 Å². The van der Waals surface area contributed by atoms with Crippen LogP contribution in [0.2, 0.25) is 0 Å². The normalized spacial score (nSPS) is 16.7. The van der Waals surface area contributed by atoms with Crippen molar-refractivity contribution in [3.8, 4) is 11.3 Å². The minimum absolute atomic E-state index is 0.0239. The molecule has 1 atom stereocenters. The summed E-state index contributed by atoms with van der Waals surface area (Å²) in [5.41, 5.74) is 2.83. The molecule has 4 nitrogen and oxygen atoms in total. The van der Waals surface area contributed by atoms with E-state index in [1.807, 2.05) is 35.7 Å². The average Bonchev–Trinajstić information content (AvgIpc) is 3.33. The molecule has 1 N–H and O–H groups in total. The number of hydrogen-bond acceptors (Lipinski definition) is 3. The van der Waals surface area contributed by atoms with Crippen LogP contribution in [0.25, 0.3) is 11.3 Å². The van der Waals surface area contributed by atoms with E-state index in [4.69, 9.17) is 0 Å². The van der Waals surface area contributed by atoms with Gasteiger partial charge < -0.3 is 4.90 Å². The molecule has 2 aromatic carbocycles. The third-order valence-corrected chi connectivity index (χ3v) is 5.31. The molecule has 1 aliphatic heterocycles. The molecule has 1 aliphatic rings. The summed E-state index contributed by atoms with van der Waals surface area (Å²) in [5.74, 6) is -0.265. The van der Waals surface area contributed by atoms with Crippen molar-refractivity contribution in [3.05, 3.63) is 71.4 Å². The van der Waals surface area contributed by atoms with E-state index in [9.17, 15) is 9.18 Å². The highest BCUT2D eigenvalue weighted by molar-refractivity contribution is 7.14. The summed E-state index contributed by atoms with van der Waals surface area (Å²) in [6, 6.07) is 16.1. The van der Waals surface area contributed by atoms with Crippen molar-refractivity contribution in [1.29, 1.82) is 0 Å². The average molecular weight is 367 g/mol. The predicted octanol–water partition coefficient (Wildman–Crippen LogP) is 5.32. The quantitative estimate of drug-likeness (QED) is 0.681. The smallest absolute Gasteiger partial charge is 0.317 e. The van der Waals surface area contributed by atoms with Crippen LogP contribution in [0.4, 0.5) is 14.3 Å². The lowest BCUT2D eigenvalue weighted by Crippen LogP contribution is -2.34. The second kappa shape index (κ2) is 7.25. The first-order chi connectivity index (χ1) is 12.7. The Morgan fingerprint density at radius 2 is 1.92 bits per heavy atom. The molecule has 0 spiro atoms. The summed E-state index contributed by atoms with van der Waals surface area (Å²) < 4.78 is 13.2. The fourth-order valence-electron chi connectivity index (χ4n) is 3.28. The van der Waals surface area contributed by atoms with Crippen molar-refractivity contribution in [2.45, 2.75) is 18.9 Å². The largest absolute Gasteiger partial charge is 0.324 e. The van der Waals surface area contributed by atoms with E-state index in [1.54, 1.807) is 17.0 Å². The second-order valence-electron chi connectivity index (χ2n) is 6.24. The third kappa shape index (κ3) is 3.46. The molecule has 0 saturated carbocycles. The number of rotatable bonds is 3. The van der Waals surface area contributed by atoms with Crippen molar-refractivity contribution >= 4 is 22.5 Å². The van der Waals surface area contributed by atoms with Crippen LogP contribution in [0.1, 0.15) is 24.4 Å². The Hall–Kier alpha value is -2.73. The second-order valence-corrected chi connectivity index (χ2v) is 7.10. The lowest BCUT2D eigenvalue weighted by atomic mass is 10.0. The zero-order valence-electron chi connectivity index (χ0n) is 14.1. The number of carbonyl (C=O) groups is 1. The lowest BCUT2D eigenvalue weighted by Gasteiger charge is -2.24. The number of carbonyl (C=O) groups excluding carboxylic acids is 1. The first kappa shape index (κ1) is 16.7. The molecule has 132 valence electrons. The number of hydrogen-bond donors (Lipinski definition) is 1. The van der Waals surface area contributed by atoms with Crippen molar-refractivity contribution in [3.63, 3.8) is 0 Å². The number of nitrogens with zero attached hydrogens (tertiary/aromatic N) is 2. The Kier molecular flexibility index (Phi) is 4.67. The van der Waals surface area contributed by atoms with Gasteiger partial charge in [0.15, 0.2) is 5.13 Å². The van der Waals surface area contributed by atoms with Crippen LogP contribution in [-0.2, 0) is 0 Å². The van der Waals surface area contributed by atoms with Crippen LogP contribution < -0.4 is 5.32 Å². The van der Waals surface area contributed by atoms with Crippen molar-refractivity contribution in [2.24, 2.45) is 0 Å². The highest BCUT2D eigenvalue weighted by Crippen LogP contribution is 2.33. The highest BCUT2D eigenvalue weighted by atomic mass is 32.1. The molecule has 2 heterocycles. The molecular weight excluding hydrogens is 349 g/mol. The van der Waals surface area contributed by atoms with Crippen molar-refractivity contribution in [2.75, 3.05) is 11.9 Å². The first-order valence-corrected chi connectivity index (χ1v) is 9.43. The van der Waals surface area contributed by atoms with Gasteiger partial charge in [-0.25, -0.2) is 14.2 Å². The Morgan fingerprint density at radius 1 is 1.15 bits per heavy atom. The van der Waals surface area contributed by atoms with Gasteiger partial charge in [-0.1, -0.05) is 42.5 Å². The van der Waals surface area contributed by atoms with Crippen LogP contribution in [-0.4, -0.2) is 22.5 Å². The summed E-state index contributed by atoms with van der Waals surface area (Å²) in [5, 5.41) is 5.42. The van der Waals surface area contributed by atoms with Crippen LogP contribution in [0.15, 0.2) is 60.0 Å². The molecule has 6 heteroatoms. The number of benzene rings is 2. The Balaban J connectivity index is 1.47. The third-order valence-electron chi connectivity index (χ3n) is 4.56. The van der Waals surface area contributed by atoms with Crippen LogP contribution >= 0.6 is 11.3 Å². The summed E-state index contributed by atoms with van der Waals surface area (Å²) >= 11 is 1.41. The number of aromatic nitrogens is 1. The molecule has 0 radical (unpaired) electrons. The number of amides is 2. The van der Waals surface area contributed by atoms with Gasteiger partial charge in [0.1, 0.15) is 5.82 Å². The van der Waals surface area contributed by atoms with E-state index < -0.39 is 0 Å². The zero-order chi connectivity index (χ0) is 17.9. The minimum atomic E-state index is -0.265. The van der Waals surface area contributed by atoms with Crippen molar-refractivity contribution in [1.82, 2.24) is 9.88 Å². The zero-order valence-corrected chi connectivity index (χ0v) is 14.9. The predicted molar refractivity (Wildman–Crippen MR) is 102 cm³/mol. The molecular formula is C20H18FN3OS. The maximum absolute atomic E-state index is 13.2. The number of thiazole rings is 1. The number of anilines is 1. The van der Waals surface area contributed by atoms with Crippen LogP contribution in [0.3, 0.4) is 0 Å². The van der Waals surface area contributed by atoms with Gasteiger partial charge in [0, 0.05) is 17.5 Å². The van der Waals surface area contributed by atoms with Gasteiger partial charge in [-0.05, 0) is 30.5 Å². The van der Waals surface area contributed by atoms with E-state index in [0.29, 0.717) is 11.7 Å². The van der Waals surface area contributed by atoms with E-state index in [1.165, 1.54) is 23.5 Å². The molecule has 1 fully saturated rings. The fraction of sp³-hybridized carbons (Fsp3) is 0.200. The van der Waals surface area contributed by atoms with Gasteiger partial charge in [-0.15, -0.1) is 11.3 Å². The van der Waals surface area contributed by atoms with Crippen LogP contribution in [0.5, 0.6) is 0 Å². The monoisotopic (exact) mass is 367 g/mol. The summed E-state index contributed by atoms with van der Waals surface area (Å²) in [7, 11) is 0. The first-order valence-electron chi connectivity index (χ1n) is 8.55. The van der Waals surface area contributed by atoms with E-state index in [2.05, 4.69) is 10.3 Å². The van der Waals surface area contributed by atoms with E-state index >= 15 is 0 Å². The van der Waals surface area contributed by atoms with Gasteiger partial charge >= 0.3 is 6.03 Å². The van der Waals surface area contributed by atoms with Gasteiger partial charge in [-0.2, -0.15) is 0 Å². The molecule has 0 bridgehead atoms. The summed E-state index contributed by atoms with van der Waals surface area (Å²) in [6.45, 7) is 0.685. The molecule has 26 heavy (non-hydrogen) atoms. The standard InChI is InChI=1S/C20H18FN3OS/c21-16-10-8-15(9-11-16)18-7-4-12-24(18)20(25)23-19-22-17(13-26-19)14-5-2-1-3-6-14/h1-3,5-6,8-11,13,18H,4,7,12H2,(H,22,23,25). The Morgan fingerprint density at radius 3 is 2.69 bits per heavy atom. The van der Waals surface area contributed by atoms with Crippen LogP contribution in [0, 0.1) is 5.82 Å². The lowest BCUT2D eigenvalue weighted by molar-refractivity contribution is 0.207. The Bertz CT molecular complexity index is 895. The maximum Gasteiger partial charge on any atom is 0.324 e. The summed E-state index contributed by atoms with van der Waals surface area (Å²) in [6.07, 6.45) is 1.81. The number of halogens is 1. The molecule has 4 rings (SSSR count). The molecule has 1 unspecified atom stereocenters. The molecule has 1 aromatic heterocycles. The number of likely N-dealkylation sites (tertiary alicyclic amines) is 1. The minimum Gasteiger partial charge on any atom is -0.317 e. The highest BCUT2D eigenvalue weighted by Gasteiger charge is 2.30. The molecule has 3 aromatic rings. The molecule has 2 amide bonds. The molecule has 0 aliphatic carbocycles. The van der Waals surface area contributed by atoms with Gasteiger partial charge in [0.05, 0.1) is 11.7 Å². The number of nitrogens with one attached hydrogen (secondary N) is 1. The van der Waals surface area contributed by atoms with Gasteiger partial charge in [0.25, 0.3) is 0 Å². The summed E-state index contributed by atoms with van der Waals surface area (Å²) in [4.78, 5) is 19.0. The van der Waals surface area contributed by atoms with Gasteiger partial charge in [0.2, 0.25) is 0 Å². The van der Waals surface area contributed by atoms with Gasteiger partial charge in [-0.3, -0.25) is 5.32 Å². The Labute approximate surface area is 155 Å². The SMILES string of the molecule is O=C(Nc1nc(-c2ccccc2)cs1)N1CCCC1c1ccc(F)cc1.